The van der Waals surface area contributed by atoms with Crippen LogP contribution in [-0.4, -0.2) is 43.9 Å². The van der Waals surface area contributed by atoms with E-state index in [1.807, 2.05) is 36.5 Å². The number of H-pyrrole nitrogens is 2. The van der Waals surface area contributed by atoms with E-state index >= 15 is 0 Å². The SMILES string of the molecule is Cc1c[nH]c2ncnc(N3CCC(Cc4cnc[nH]4)(C(=O)Nc4ccccc4)CC3)c12. The van der Waals surface area contributed by atoms with Crippen molar-refractivity contribution in [1.82, 2.24) is 24.9 Å². The number of imidazole rings is 1. The monoisotopic (exact) mass is 415 g/mol. The molecule has 0 aliphatic carbocycles. The molecule has 5 rings (SSSR count). The summed E-state index contributed by atoms with van der Waals surface area (Å²) in [6, 6.07) is 9.64. The zero-order valence-electron chi connectivity index (χ0n) is 17.4. The number of benzene rings is 1. The van der Waals surface area contributed by atoms with Gasteiger partial charge in [0.25, 0.3) is 0 Å². The Hall–Kier alpha value is -3.68. The minimum atomic E-state index is -0.516. The molecule has 1 aromatic carbocycles. The van der Waals surface area contributed by atoms with Gasteiger partial charge in [-0.1, -0.05) is 18.2 Å². The van der Waals surface area contributed by atoms with Gasteiger partial charge in [0.1, 0.15) is 17.8 Å². The van der Waals surface area contributed by atoms with Crippen LogP contribution in [0.5, 0.6) is 0 Å². The number of amides is 1. The van der Waals surface area contributed by atoms with Crippen LogP contribution < -0.4 is 10.2 Å². The number of anilines is 2. The number of hydrogen-bond acceptors (Lipinski definition) is 5. The third-order valence-corrected chi connectivity index (χ3v) is 6.26. The Bertz CT molecular complexity index is 1180. The van der Waals surface area contributed by atoms with Crippen molar-refractivity contribution in [3.8, 4) is 0 Å². The summed E-state index contributed by atoms with van der Waals surface area (Å²) in [5.74, 6) is 0.987. The van der Waals surface area contributed by atoms with E-state index in [1.54, 1.807) is 18.9 Å². The highest BCUT2D eigenvalue weighted by Crippen LogP contribution is 2.38. The van der Waals surface area contributed by atoms with Crippen LogP contribution in [0.4, 0.5) is 11.5 Å². The smallest absolute Gasteiger partial charge is 0.231 e. The zero-order chi connectivity index (χ0) is 21.3. The highest BCUT2D eigenvalue weighted by Gasteiger charge is 2.42. The number of aromatic amines is 2. The van der Waals surface area contributed by atoms with Gasteiger partial charge in [0, 0.05) is 43.3 Å². The zero-order valence-corrected chi connectivity index (χ0v) is 17.4. The minimum Gasteiger partial charge on any atom is -0.356 e. The fourth-order valence-electron chi connectivity index (χ4n) is 4.50. The highest BCUT2D eigenvalue weighted by atomic mass is 16.2. The van der Waals surface area contributed by atoms with Crippen molar-refractivity contribution >= 4 is 28.4 Å². The van der Waals surface area contributed by atoms with E-state index < -0.39 is 5.41 Å². The first-order chi connectivity index (χ1) is 15.1. The molecule has 1 amide bonds. The van der Waals surface area contributed by atoms with E-state index in [1.165, 1.54) is 0 Å². The Morgan fingerprint density at radius 2 is 1.97 bits per heavy atom. The first-order valence-corrected chi connectivity index (χ1v) is 10.5. The van der Waals surface area contributed by atoms with Crippen LogP contribution in [0, 0.1) is 12.3 Å². The third kappa shape index (κ3) is 3.65. The maximum absolute atomic E-state index is 13.5. The molecular formula is C23H25N7O. The molecule has 31 heavy (non-hydrogen) atoms. The Morgan fingerprint density at radius 1 is 1.16 bits per heavy atom. The van der Waals surface area contributed by atoms with E-state index in [-0.39, 0.29) is 5.91 Å². The maximum Gasteiger partial charge on any atom is 0.231 e. The van der Waals surface area contributed by atoms with Crippen LogP contribution >= 0.6 is 0 Å². The number of aryl methyl sites for hydroxylation is 1. The number of fused-ring (bicyclic) bond motifs is 1. The van der Waals surface area contributed by atoms with Gasteiger partial charge in [0.05, 0.1) is 17.1 Å². The second kappa shape index (κ2) is 7.86. The lowest BCUT2D eigenvalue weighted by molar-refractivity contribution is -0.126. The molecule has 8 nitrogen and oxygen atoms in total. The number of nitrogens with one attached hydrogen (secondary N) is 3. The summed E-state index contributed by atoms with van der Waals surface area (Å²) in [6.07, 6.45) is 9.10. The molecule has 1 aliphatic heterocycles. The van der Waals surface area contributed by atoms with Crippen LogP contribution in [0.1, 0.15) is 24.1 Å². The van der Waals surface area contributed by atoms with Gasteiger partial charge in [-0.05, 0) is 37.5 Å². The van der Waals surface area contributed by atoms with Crippen molar-refractivity contribution in [2.75, 3.05) is 23.3 Å². The molecule has 0 saturated carbocycles. The number of rotatable bonds is 5. The average molecular weight is 416 g/mol. The topological polar surface area (TPSA) is 103 Å². The van der Waals surface area contributed by atoms with Crippen molar-refractivity contribution in [2.45, 2.75) is 26.2 Å². The highest BCUT2D eigenvalue weighted by molar-refractivity contribution is 5.96. The van der Waals surface area contributed by atoms with Crippen LogP contribution in [-0.2, 0) is 11.2 Å². The standard InChI is InChI=1S/C23H25N7O/c1-16-12-25-20-19(16)21(28-15-27-20)30-9-7-23(8-10-30,11-18-13-24-14-26-18)22(31)29-17-5-3-2-4-6-17/h2-6,12-15H,7-11H2,1H3,(H,24,26)(H,29,31)(H,25,27,28). The van der Waals surface area contributed by atoms with Gasteiger partial charge in [-0.25, -0.2) is 15.0 Å². The van der Waals surface area contributed by atoms with Gasteiger partial charge in [0.2, 0.25) is 5.91 Å². The largest absolute Gasteiger partial charge is 0.356 e. The lowest BCUT2D eigenvalue weighted by Gasteiger charge is -2.41. The summed E-state index contributed by atoms with van der Waals surface area (Å²) in [5.41, 5.74) is 3.25. The van der Waals surface area contributed by atoms with Crippen LogP contribution in [0.2, 0.25) is 0 Å². The summed E-state index contributed by atoms with van der Waals surface area (Å²) in [5, 5.41) is 4.18. The number of carbonyl (C=O) groups excluding carboxylic acids is 1. The van der Waals surface area contributed by atoms with Crippen LogP contribution in [0.15, 0.2) is 55.4 Å². The molecule has 4 heterocycles. The predicted molar refractivity (Wildman–Crippen MR) is 120 cm³/mol. The van der Waals surface area contributed by atoms with E-state index in [2.05, 4.69) is 42.1 Å². The number of hydrogen-bond donors (Lipinski definition) is 3. The Balaban J connectivity index is 1.41. The molecule has 3 aromatic heterocycles. The number of nitrogens with zero attached hydrogens (tertiary/aromatic N) is 4. The summed E-state index contributed by atoms with van der Waals surface area (Å²) in [7, 11) is 0. The molecule has 158 valence electrons. The summed E-state index contributed by atoms with van der Waals surface area (Å²) >= 11 is 0. The van der Waals surface area contributed by atoms with Crippen molar-refractivity contribution in [2.24, 2.45) is 5.41 Å². The third-order valence-electron chi connectivity index (χ3n) is 6.26. The van der Waals surface area contributed by atoms with Gasteiger partial charge in [0.15, 0.2) is 0 Å². The second-order valence-electron chi connectivity index (χ2n) is 8.23. The van der Waals surface area contributed by atoms with E-state index in [9.17, 15) is 4.79 Å². The van der Waals surface area contributed by atoms with Crippen molar-refractivity contribution < 1.29 is 4.79 Å². The Morgan fingerprint density at radius 3 is 2.71 bits per heavy atom. The van der Waals surface area contributed by atoms with E-state index in [4.69, 9.17) is 0 Å². The average Bonchev–Trinajstić information content (AvgIpc) is 3.45. The Labute approximate surface area is 180 Å². The first-order valence-electron chi connectivity index (χ1n) is 10.5. The minimum absolute atomic E-state index is 0.0543. The van der Waals surface area contributed by atoms with Gasteiger partial charge in [-0.2, -0.15) is 0 Å². The number of aromatic nitrogens is 5. The van der Waals surface area contributed by atoms with E-state index in [0.717, 1.165) is 59.7 Å². The maximum atomic E-state index is 13.5. The molecule has 8 heteroatoms. The van der Waals surface area contributed by atoms with E-state index in [0.29, 0.717) is 6.42 Å². The van der Waals surface area contributed by atoms with Gasteiger partial charge in [-0.3, -0.25) is 4.79 Å². The summed E-state index contributed by atoms with van der Waals surface area (Å²) < 4.78 is 0. The normalized spacial score (nSPS) is 15.8. The molecule has 1 saturated heterocycles. The molecule has 3 N–H and O–H groups in total. The molecule has 1 fully saturated rings. The lowest BCUT2D eigenvalue weighted by atomic mass is 9.74. The molecule has 0 radical (unpaired) electrons. The van der Waals surface area contributed by atoms with Crippen molar-refractivity contribution in [3.05, 3.63) is 66.6 Å². The number of piperidine rings is 1. The van der Waals surface area contributed by atoms with Gasteiger partial charge < -0.3 is 20.2 Å². The van der Waals surface area contributed by atoms with Gasteiger partial charge in [-0.15, -0.1) is 0 Å². The number of carbonyl (C=O) groups is 1. The predicted octanol–water partition coefficient (Wildman–Crippen LogP) is 3.46. The van der Waals surface area contributed by atoms with Crippen molar-refractivity contribution in [3.63, 3.8) is 0 Å². The second-order valence-corrected chi connectivity index (χ2v) is 8.23. The van der Waals surface area contributed by atoms with Crippen LogP contribution in [0.3, 0.4) is 0 Å². The molecule has 1 aliphatic rings. The molecule has 4 aromatic rings. The first kappa shape index (κ1) is 19.3. The quantitative estimate of drug-likeness (QED) is 0.463. The van der Waals surface area contributed by atoms with Crippen molar-refractivity contribution in [1.29, 1.82) is 0 Å². The fourth-order valence-corrected chi connectivity index (χ4v) is 4.50. The Kier molecular flexibility index (Phi) is 4.89. The summed E-state index contributed by atoms with van der Waals surface area (Å²) in [6.45, 7) is 3.55. The molecule has 0 bridgehead atoms. The summed E-state index contributed by atoms with van der Waals surface area (Å²) in [4.78, 5) is 35.2. The molecule has 0 unspecified atom stereocenters. The number of para-hydroxylation sites is 1. The fraction of sp³-hybridized carbons (Fsp3) is 0.304. The lowest BCUT2D eigenvalue weighted by Crippen LogP contribution is -2.48. The van der Waals surface area contributed by atoms with Gasteiger partial charge >= 0.3 is 0 Å². The molecule has 0 atom stereocenters. The molecule has 0 spiro atoms. The molecular weight excluding hydrogens is 390 g/mol. The van der Waals surface area contributed by atoms with Crippen LogP contribution in [0.25, 0.3) is 11.0 Å².